The minimum Gasteiger partial charge on any atom is -0.497 e. The standard InChI is InChI=1S/C19H23BrN2O3/c1-25-15-9-7-14(8-10-15)17-16-6-2-4-12-21(16)19(24)22(18(17)23)13-5-3-11-20/h7-10H,2-6,11-13H2,1H3. The molecule has 1 aromatic heterocycles. The SMILES string of the molecule is COc1ccc(-c2c3n(c(=O)n(CCCCBr)c2=O)CCCC3)cc1. The van der Waals surface area contributed by atoms with Crippen molar-refractivity contribution < 1.29 is 4.74 Å². The number of halogens is 1. The van der Waals surface area contributed by atoms with Gasteiger partial charge in [-0.05, 0) is 49.8 Å². The molecular formula is C19H23BrN2O3. The van der Waals surface area contributed by atoms with E-state index in [1.54, 1.807) is 11.7 Å². The van der Waals surface area contributed by atoms with Crippen molar-refractivity contribution in [1.29, 1.82) is 0 Å². The molecule has 1 aromatic carbocycles. The van der Waals surface area contributed by atoms with Gasteiger partial charge in [0.2, 0.25) is 0 Å². The number of rotatable bonds is 6. The van der Waals surface area contributed by atoms with Gasteiger partial charge in [0.15, 0.2) is 0 Å². The fourth-order valence-corrected chi connectivity index (χ4v) is 3.80. The predicted octanol–water partition coefficient (Wildman–Crippen LogP) is 3.20. The summed E-state index contributed by atoms with van der Waals surface area (Å²) in [6.45, 7) is 1.16. The number of hydrogen-bond acceptors (Lipinski definition) is 3. The molecule has 2 aromatic rings. The monoisotopic (exact) mass is 406 g/mol. The zero-order valence-corrected chi connectivity index (χ0v) is 16.0. The Kier molecular flexibility index (Phi) is 5.78. The molecule has 0 fully saturated rings. The van der Waals surface area contributed by atoms with E-state index in [1.807, 2.05) is 24.3 Å². The third kappa shape index (κ3) is 3.59. The molecule has 0 aliphatic carbocycles. The normalized spacial score (nSPS) is 13.5. The van der Waals surface area contributed by atoms with Crippen molar-refractivity contribution in [2.75, 3.05) is 12.4 Å². The molecule has 5 nitrogen and oxygen atoms in total. The van der Waals surface area contributed by atoms with E-state index in [9.17, 15) is 9.59 Å². The van der Waals surface area contributed by atoms with Gasteiger partial charge in [-0.15, -0.1) is 0 Å². The fraction of sp³-hybridized carbons (Fsp3) is 0.474. The number of nitrogens with zero attached hydrogens (tertiary/aromatic N) is 2. The van der Waals surface area contributed by atoms with E-state index in [2.05, 4.69) is 15.9 Å². The van der Waals surface area contributed by atoms with Crippen LogP contribution in [0.3, 0.4) is 0 Å². The van der Waals surface area contributed by atoms with Crippen LogP contribution in [0.2, 0.25) is 0 Å². The van der Waals surface area contributed by atoms with Crippen molar-refractivity contribution >= 4 is 15.9 Å². The van der Waals surface area contributed by atoms with Gasteiger partial charge < -0.3 is 4.74 Å². The van der Waals surface area contributed by atoms with E-state index in [0.717, 1.165) is 54.4 Å². The Morgan fingerprint density at radius 2 is 1.88 bits per heavy atom. The first kappa shape index (κ1) is 18.0. The van der Waals surface area contributed by atoms with Crippen LogP contribution in [0, 0.1) is 0 Å². The molecular weight excluding hydrogens is 384 g/mol. The maximum atomic E-state index is 13.1. The molecule has 0 spiro atoms. The van der Waals surface area contributed by atoms with Crippen LogP contribution in [-0.2, 0) is 19.5 Å². The van der Waals surface area contributed by atoms with E-state index in [-0.39, 0.29) is 11.2 Å². The molecule has 0 saturated heterocycles. The van der Waals surface area contributed by atoms with Gasteiger partial charge in [0.1, 0.15) is 5.75 Å². The Labute approximate surface area is 155 Å². The Hall–Kier alpha value is -1.82. The van der Waals surface area contributed by atoms with Crippen LogP contribution in [0.4, 0.5) is 0 Å². The second kappa shape index (κ2) is 8.04. The van der Waals surface area contributed by atoms with Crippen molar-refractivity contribution in [2.45, 2.75) is 45.2 Å². The van der Waals surface area contributed by atoms with Gasteiger partial charge in [-0.25, -0.2) is 4.79 Å². The third-order valence-corrected chi connectivity index (χ3v) is 5.29. The van der Waals surface area contributed by atoms with Crippen LogP contribution >= 0.6 is 15.9 Å². The van der Waals surface area contributed by atoms with Crippen molar-refractivity contribution in [3.05, 3.63) is 50.8 Å². The maximum absolute atomic E-state index is 13.1. The summed E-state index contributed by atoms with van der Waals surface area (Å²) in [5.74, 6) is 0.753. The lowest BCUT2D eigenvalue weighted by atomic mass is 9.99. The second-order valence-corrected chi connectivity index (χ2v) is 7.09. The first-order valence-corrected chi connectivity index (χ1v) is 9.86. The Morgan fingerprint density at radius 3 is 2.56 bits per heavy atom. The van der Waals surface area contributed by atoms with Crippen LogP contribution in [0.15, 0.2) is 33.9 Å². The van der Waals surface area contributed by atoms with Crippen LogP contribution in [0.5, 0.6) is 5.75 Å². The average Bonchev–Trinajstić information content (AvgIpc) is 2.65. The number of ether oxygens (including phenoxy) is 1. The summed E-state index contributed by atoms with van der Waals surface area (Å²) in [5.41, 5.74) is 2.07. The van der Waals surface area contributed by atoms with Gasteiger partial charge >= 0.3 is 5.69 Å². The number of unbranched alkanes of at least 4 members (excludes halogenated alkanes) is 1. The summed E-state index contributed by atoms with van der Waals surface area (Å²) in [7, 11) is 1.62. The summed E-state index contributed by atoms with van der Waals surface area (Å²) < 4.78 is 8.43. The number of hydrogen-bond donors (Lipinski definition) is 0. The van der Waals surface area contributed by atoms with E-state index < -0.39 is 0 Å². The smallest absolute Gasteiger partial charge is 0.331 e. The Bertz CT molecular complexity index is 853. The van der Waals surface area contributed by atoms with Gasteiger partial charge in [-0.1, -0.05) is 28.1 Å². The minimum atomic E-state index is -0.169. The highest BCUT2D eigenvalue weighted by atomic mass is 79.9. The molecule has 25 heavy (non-hydrogen) atoms. The van der Waals surface area contributed by atoms with Crippen LogP contribution in [0.25, 0.3) is 11.1 Å². The van der Waals surface area contributed by atoms with Gasteiger partial charge in [-0.3, -0.25) is 13.9 Å². The molecule has 0 saturated carbocycles. The van der Waals surface area contributed by atoms with Gasteiger partial charge in [-0.2, -0.15) is 0 Å². The van der Waals surface area contributed by atoms with E-state index in [1.165, 1.54) is 4.57 Å². The number of methoxy groups -OCH3 is 1. The summed E-state index contributed by atoms with van der Waals surface area (Å²) in [4.78, 5) is 25.9. The molecule has 3 rings (SSSR count). The zero-order chi connectivity index (χ0) is 17.8. The largest absolute Gasteiger partial charge is 0.497 e. The van der Waals surface area contributed by atoms with Crippen molar-refractivity contribution in [1.82, 2.24) is 9.13 Å². The summed E-state index contributed by atoms with van der Waals surface area (Å²) in [6.07, 6.45) is 4.51. The average molecular weight is 407 g/mol. The molecule has 0 N–H and O–H groups in total. The molecule has 1 aliphatic rings. The number of aromatic nitrogens is 2. The van der Waals surface area contributed by atoms with Crippen LogP contribution < -0.4 is 16.0 Å². The highest BCUT2D eigenvalue weighted by Crippen LogP contribution is 2.25. The van der Waals surface area contributed by atoms with Crippen LogP contribution in [-0.4, -0.2) is 21.6 Å². The molecule has 6 heteroatoms. The molecule has 1 aliphatic heterocycles. The first-order chi connectivity index (χ1) is 12.2. The topological polar surface area (TPSA) is 53.2 Å². The number of fused-ring (bicyclic) bond motifs is 1. The minimum absolute atomic E-state index is 0.161. The van der Waals surface area contributed by atoms with Crippen molar-refractivity contribution in [3.8, 4) is 16.9 Å². The number of alkyl halides is 1. The van der Waals surface area contributed by atoms with E-state index in [0.29, 0.717) is 18.7 Å². The fourth-order valence-electron chi connectivity index (χ4n) is 3.40. The van der Waals surface area contributed by atoms with Crippen molar-refractivity contribution in [2.24, 2.45) is 0 Å². The lowest BCUT2D eigenvalue weighted by Crippen LogP contribution is -2.43. The predicted molar refractivity (Wildman–Crippen MR) is 103 cm³/mol. The highest BCUT2D eigenvalue weighted by Gasteiger charge is 2.22. The van der Waals surface area contributed by atoms with Crippen LogP contribution in [0.1, 0.15) is 31.4 Å². The Morgan fingerprint density at radius 1 is 1.12 bits per heavy atom. The molecule has 0 radical (unpaired) electrons. The lowest BCUT2D eigenvalue weighted by Gasteiger charge is -2.23. The molecule has 134 valence electrons. The lowest BCUT2D eigenvalue weighted by molar-refractivity contribution is 0.415. The highest BCUT2D eigenvalue weighted by molar-refractivity contribution is 9.09. The zero-order valence-electron chi connectivity index (χ0n) is 14.5. The molecule has 0 amide bonds. The van der Waals surface area contributed by atoms with E-state index in [4.69, 9.17) is 4.74 Å². The number of benzene rings is 1. The summed E-state index contributed by atoms with van der Waals surface area (Å²) in [5, 5.41) is 0.874. The summed E-state index contributed by atoms with van der Waals surface area (Å²) in [6, 6.07) is 7.51. The third-order valence-electron chi connectivity index (χ3n) is 4.72. The summed E-state index contributed by atoms with van der Waals surface area (Å²) >= 11 is 3.40. The first-order valence-electron chi connectivity index (χ1n) is 8.74. The molecule has 0 unspecified atom stereocenters. The van der Waals surface area contributed by atoms with Gasteiger partial charge in [0, 0.05) is 24.1 Å². The Balaban J connectivity index is 2.16. The van der Waals surface area contributed by atoms with Gasteiger partial charge in [0.05, 0.1) is 12.7 Å². The van der Waals surface area contributed by atoms with Gasteiger partial charge in [0.25, 0.3) is 5.56 Å². The molecule has 2 heterocycles. The molecule has 0 bridgehead atoms. The van der Waals surface area contributed by atoms with Crippen molar-refractivity contribution in [3.63, 3.8) is 0 Å². The molecule has 0 atom stereocenters. The quantitative estimate of drug-likeness (QED) is 0.546. The second-order valence-electron chi connectivity index (χ2n) is 6.29. The van der Waals surface area contributed by atoms with E-state index >= 15 is 0 Å². The maximum Gasteiger partial charge on any atom is 0.331 e.